The number of carbonyl (C=O) groups is 1. The Morgan fingerprint density at radius 2 is 2.19 bits per heavy atom. The molecule has 0 spiro atoms. The van der Waals surface area contributed by atoms with E-state index in [9.17, 15) is 13.6 Å². The third-order valence-corrected chi connectivity index (χ3v) is 3.13. The van der Waals surface area contributed by atoms with Crippen LogP contribution in [0.2, 0.25) is 0 Å². The molecule has 1 aromatic rings. The van der Waals surface area contributed by atoms with Crippen molar-refractivity contribution in [2.75, 3.05) is 13.7 Å². The number of carbonyl (C=O) groups excluding carboxylic acids is 1. The second kappa shape index (κ2) is 8.20. The molecule has 6 heteroatoms. The zero-order valence-electron chi connectivity index (χ0n) is 12.1. The van der Waals surface area contributed by atoms with E-state index in [1.54, 1.807) is 14.0 Å². The number of hydrogen-bond acceptors (Lipinski definition) is 3. The smallest absolute Gasteiger partial charge is 0.222 e. The second-order valence-electron chi connectivity index (χ2n) is 4.74. The lowest BCUT2D eigenvalue weighted by Gasteiger charge is -2.22. The SMILES string of the molecule is CC(CC#N)N(C)C(=O)CCCOc1ccc(F)cc1F. The van der Waals surface area contributed by atoms with E-state index in [1.165, 1.54) is 11.0 Å². The molecule has 114 valence electrons. The largest absolute Gasteiger partial charge is 0.491 e. The summed E-state index contributed by atoms with van der Waals surface area (Å²) in [7, 11) is 1.64. The van der Waals surface area contributed by atoms with Crippen molar-refractivity contribution in [2.45, 2.75) is 32.2 Å². The van der Waals surface area contributed by atoms with Gasteiger partial charge in [-0.2, -0.15) is 5.26 Å². The molecule has 0 aliphatic rings. The Morgan fingerprint density at radius 1 is 1.48 bits per heavy atom. The Labute approximate surface area is 122 Å². The maximum Gasteiger partial charge on any atom is 0.222 e. The van der Waals surface area contributed by atoms with Crippen molar-refractivity contribution < 1.29 is 18.3 Å². The fraction of sp³-hybridized carbons (Fsp3) is 0.467. The molecule has 21 heavy (non-hydrogen) atoms. The number of nitriles is 1. The Hall–Kier alpha value is -2.16. The summed E-state index contributed by atoms with van der Waals surface area (Å²) in [6, 6.07) is 4.95. The van der Waals surface area contributed by atoms with Crippen LogP contribution in [-0.2, 0) is 4.79 Å². The molecule has 0 saturated heterocycles. The number of ether oxygens (including phenoxy) is 1. The Balaban J connectivity index is 2.34. The van der Waals surface area contributed by atoms with E-state index in [-0.39, 0.29) is 37.1 Å². The average molecular weight is 296 g/mol. The van der Waals surface area contributed by atoms with Crippen molar-refractivity contribution >= 4 is 5.91 Å². The van der Waals surface area contributed by atoms with Gasteiger partial charge in [-0.15, -0.1) is 0 Å². The van der Waals surface area contributed by atoms with Gasteiger partial charge in [-0.05, 0) is 25.5 Å². The van der Waals surface area contributed by atoms with Gasteiger partial charge < -0.3 is 9.64 Å². The summed E-state index contributed by atoms with van der Waals surface area (Å²) in [6.45, 7) is 1.96. The van der Waals surface area contributed by atoms with E-state index < -0.39 is 11.6 Å². The summed E-state index contributed by atoms with van der Waals surface area (Å²) in [5.41, 5.74) is 0. The summed E-state index contributed by atoms with van der Waals surface area (Å²) in [5, 5.41) is 8.58. The van der Waals surface area contributed by atoms with E-state index in [2.05, 4.69) is 0 Å². The highest BCUT2D eigenvalue weighted by Crippen LogP contribution is 2.17. The Morgan fingerprint density at radius 3 is 2.81 bits per heavy atom. The van der Waals surface area contributed by atoms with Crippen LogP contribution in [0.25, 0.3) is 0 Å². The summed E-state index contributed by atoms with van der Waals surface area (Å²) in [6.07, 6.45) is 0.938. The first-order chi connectivity index (χ1) is 9.95. The molecule has 0 aromatic heterocycles. The second-order valence-corrected chi connectivity index (χ2v) is 4.74. The molecule has 1 unspecified atom stereocenters. The lowest BCUT2D eigenvalue weighted by molar-refractivity contribution is -0.131. The number of amides is 1. The van der Waals surface area contributed by atoms with Gasteiger partial charge in [-0.25, -0.2) is 8.78 Å². The zero-order chi connectivity index (χ0) is 15.8. The summed E-state index contributed by atoms with van der Waals surface area (Å²) < 4.78 is 31.1. The zero-order valence-corrected chi connectivity index (χ0v) is 12.1. The van der Waals surface area contributed by atoms with Crippen LogP contribution in [-0.4, -0.2) is 30.5 Å². The third-order valence-electron chi connectivity index (χ3n) is 3.13. The molecule has 1 aromatic carbocycles. The number of rotatable bonds is 7. The number of halogens is 2. The van der Waals surface area contributed by atoms with E-state index in [0.29, 0.717) is 6.42 Å². The highest BCUT2D eigenvalue weighted by Gasteiger charge is 2.15. The van der Waals surface area contributed by atoms with E-state index >= 15 is 0 Å². The van der Waals surface area contributed by atoms with Crippen LogP contribution in [0.3, 0.4) is 0 Å². The minimum absolute atomic E-state index is 0.0324. The van der Waals surface area contributed by atoms with Crippen molar-refractivity contribution in [1.82, 2.24) is 4.90 Å². The molecule has 0 heterocycles. The summed E-state index contributed by atoms with van der Waals surface area (Å²) >= 11 is 0. The molecule has 0 saturated carbocycles. The van der Waals surface area contributed by atoms with Gasteiger partial charge in [0.25, 0.3) is 0 Å². The van der Waals surface area contributed by atoms with Gasteiger partial charge in [-0.1, -0.05) is 0 Å². The molecule has 0 aliphatic carbocycles. The van der Waals surface area contributed by atoms with Crippen molar-refractivity contribution in [3.05, 3.63) is 29.8 Å². The van der Waals surface area contributed by atoms with Crippen LogP contribution in [0.1, 0.15) is 26.2 Å². The third kappa shape index (κ3) is 5.38. The normalized spacial score (nSPS) is 11.6. The molecule has 1 rings (SSSR count). The lowest BCUT2D eigenvalue weighted by atomic mass is 10.2. The number of hydrogen-bond donors (Lipinski definition) is 0. The topological polar surface area (TPSA) is 53.3 Å². The molecule has 0 radical (unpaired) electrons. The van der Waals surface area contributed by atoms with Gasteiger partial charge in [0, 0.05) is 25.6 Å². The maximum atomic E-state index is 13.3. The first-order valence-electron chi connectivity index (χ1n) is 6.66. The van der Waals surface area contributed by atoms with Crippen molar-refractivity contribution in [3.63, 3.8) is 0 Å². The number of nitrogens with zero attached hydrogens (tertiary/aromatic N) is 2. The minimum Gasteiger partial charge on any atom is -0.491 e. The van der Waals surface area contributed by atoms with E-state index in [1.807, 2.05) is 6.07 Å². The van der Waals surface area contributed by atoms with Gasteiger partial charge in [0.1, 0.15) is 5.82 Å². The first-order valence-corrected chi connectivity index (χ1v) is 6.66. The van der Waals surface area contributed by atoms with Gasteiger partial charge in [0.05, 0.1) is 19.1 Å². The van der Waals surface area contributed by atoms with Gasteiger partial charge in [0.15, 0.2) is 11.6 Å². The van der Waals surface area contributed by atoms with Crippen LogP contribution in [0.5, 0.6) is 5.75 Å². The van der Waals surface area contributed by atoms with Crippen molar-refractivity contribution in [3.8, 4) is 11.8 Å². The van der Waals surface area contributed by atoms with Crippen LogP contribution >= 0.6 is 0 Å². The monoisotopic (exact) mass is 296 g/mol. The summed E-state index contributed by atoms with van der Waals surface area (Å²) in [4.78, 5) is 13.3. The molecule has 0 bridgehead atoms. The predicted octanol–water partition coefficient (Wildman–Crippen LogP) is 2.88. The molecule has 4 nitrogen and oxygen atoms in total. The standard InChI is InChI=1S/C15H18F2N2O2/c1-11(7-8-18)19(2)15(20)4-3-9-21-14-6-5-12(16)10-13(14)17/h5-6,10-11H,3-4,7,9H2,1-2H3. The Kier molecular flexibility index (Phi) is 6.60. The minimum atomic E-state index is -0.763. The summed E-state index contributed by atoms with van der Waals surface area (Å²) in [5.74, 6) is -1.56. The average Bonchev–Trinajstić information content (AvgIpc) is 2.44. The van der Waals surface area contributed by atoms with Crippen LogP contribution in [0.4, 0.5) is 8.78 Å². The van der Waals surface area contributed by atoms with Gasteiger partial charge >= 0.3 is 0 Å². The Bertz CT molecular complexity index is 529. The van der Waals surface area contributed by atoms with Crippen LogP contribution in [0.15, 0.2) is 18.2 Å². The van der Waals surface area contributed by atoms with Crippen LogP contribution < -0.4 is 4.74 Å². The fourth-order valence-corrected chi connectivity index (χ4v) is 1.69. The lowest BCUT2D eigenvalue weighted by Crippen LogP contribution is -2.34. The fourth-order valence-electron chi connectivity index (χ4n) is 1.69. The maximum absolute atomic E-state index is 13.3. The van der Waals surface area contributed by atoms with Gasteiger partial charge in [0.2, 0.25) is 5.91 Å². The molecule has 1 amide bonds. The van der Waals surface area contributed by atoms with Gasteiger partial charge in [-0.3, -0.25) is 4.79 Å². The molecular weight excluding hydrogens is 278 g/mol. The van der Waals surface area contributed by atoms with E-state index in [4.69, 9.17) is 10.00 Å². The van der Waals surface area contributed by atoms with Crippen molar-refractivity contribution in [2.24, 2.45) is 0 Å². The highest BCUT2D eigenvalue weighted by atomic mass is 19.1. The molecule has 0 aliphatic heterocycles. The molecule has 0 N–H and O–H groups in total. The molecular formula is C15H18F2N2O2. The quantitative estimate of drug-likeness (QED) is 0.727. The van der Waals surface area contributed by atoms with Crippen molar-refractivity contribution in [1.29, 1.82) is 5.26 Å². The first kappa shape index (κ1) is 16.9. The number of benzene rings is 1. The molecule has 0 fully saturated rings. The predicted molar refractivity (Wildman–Crippen MR) is 73.5 cm³/mol. The molecule has 1 atom stereocenters. The van der Waals surface area contributed by atoms with E-state index in [0.717, 1.165) is 12.1 Å². The highest BCUT2D eigenvalue weighted by molar-refractivity contribution is 5.76. The van der Waals surface area contributed by atoms with Crippen LogP contribution in [0, 0.1) is 23.0 Å².